The largest absolute Gasteiger partial charge is 0.305 e. The number of rotatable bonds is 5. The predicted molar refractivity (Wildman–Crippen MR) is 79.8 cm³/mol. The van der Waals surface area contributed by atoms with Crippen LogP contribution in [-0.4, -0.2) is 19.0 Å². The standard InChI is InChI=1S/C16H17F2NS/c1-19(2)10-13-9-15(18)7-8-16(13)20-11-12-3-5-14(17)6-4-12/h3-9H,10-11H2,1-2H3. The van der Waals surface area contributed by atoms with Crippen molar-refractivity contribution in [3.63, 3.8) is 0 Å². The molecule has 4 heteroatoms. The van der Waals surface area contributed by atoms with Crippen molar-refractivity contribution < 1.29 is 8.78 Å². The van der Waals surface area contributed by atoms with E-state index in [4.69, 9.17) is 0 Å². The molecule has 0 bridgehead atoms. The molecule has 0 unspecified atom stereocenters. The molecule has 2 rings (SSSR count). The molecular formula is C16H17F2NS. The van der Waals surface area contributed by atoms with Crippen LogP contribution in [0.3, 0.4) is 0 Å². The first-order valence-electron chi connectivity index (χ1n) is 6.35. The molecule has 106 valence electrons. The highest BCUT2D eigenvalue weighted by Crippen LogP contribution is 2.27. The Morgan fingerprint density at radius 1 is 0.950 bits per heavy atom. The topological polar surface area (TPSA) is 3.24 Å². The van der Waals surface area contributed by atoms with Crippen molar-refractivity contribution in [1.82, 2.24) is 4.90 Å². The summed E-state index contributed by atoms with van der Waals surface area (Å²) in [6, 6.07) is 11.3. The molecule has 2 aromatic rings. The van der Waals surface area contributed by atoms with Crippen molar-refractivity contribution in [2.45, 2.75) is 17.2 Å². The molecule has 0 saturated carbocycles. The maximum absolute atomic E-state index is 13.3. The lowest BCUT2D eigenvalue weighted by molar-refractivity contribution is 0.398. The lowest BCUT2D eigenvalue weighted by atomic mass is 10.2. The number of hydrogen-bond acceptors (Lipinski definition) is 2. The molecule has 0 saturated heterocycles. The van der Waals surface area contributed by atoms with Gasteiger partial charge in [-0.3, -0.25) is 0 Å². The number of benzene rings is 2. The lowest BCUT2D eigenvalue weighted by Gasteiger charge is -2.14. The fourth-order valence-corrected chi connectivity index (χ4v) is 2.88. The molecule has 0 aliphatic rings. The molecule has 0 radical (unpaired) electrons. The Balaban J connectivity index is 2.10. The Hall–Kier alpha value is -1.39. The van der Waals surface area contributed by atoms with Crippen LogP contribution in [0.25, 0.3) is 0 Å². The summed E-state index contributed by atoms with van der Waals surface area (Å²) >= 11 is 1.64. The van der Waals surface area contributed by atoms with Gasteiger partial charge in [0.15, 0.2) is 0 Å². The van der Waals surface area contributed by atoms with Crippen molar-refractivity contribution in [3.8, 4) is 0 Å². The van der Waals surface area contributed by atoms with Crippen LogP contribution in [0.15, 0.2) is 47.4 Å². The fraction of sp³-hybridized carbons (Fsp3) is 0.250. The van der Waals surface area contributed by atoms with Crippen molar-refractivity contribution in [3.05, 3.63) is 65.2 Å². The Bertz CT molecular complexity index is 567. The van der Waals surface area contributed by atoms with Gasteiger partial charge in [0.25, 0.3) is 0 Å². The summed E-state index contributed by atoms with van der Waals surface area (Å²) in [4.78, 5) is 3.07. The number of halogens is 2. The third kappa shape index (κ3) is 4.32. The number of thioether (sulfide) groups is 1. The van der Waals surface area contributed by atoms with Gasteiger partial charge >= 0.3 is 0 Å². The van der Waals surface area contributed by atoms with Crippen LogP contribution in [0.2, 0.25) is 0 Å². The van der Waals surface area contributed by atoms with Gasteiger partial charge in [-0.05, 0) is 55.6 Å². The van der Waals surface area contributed by atoms with Crippen LogP contribution in [0.4, 0.5) is 8.78 Å². The lowest BCUT2D eigenvalue weighted by Crippen LogP contribution is -2.11. The number of hydrogen-bond donors (Lipinski definition) is 0. The van der Waals surface area contributed by atoms with Crippen molar-refractivity contribution in [2.24, 2.45) is 0 Å². The van der Waals surface area contributed by atoms with Crippen LogP contribution in [0.5, 0.6) is 0 Å². The Morgan fingerprint density at radius 2 is 1.60 bits per heavy atom. The van der Waals surface area contributed by atoms with E-state index < -0.39 is 0 Å². The zero-order valence-electron chi connectivity index (χ0n) is 11.6. The summed E-state index contributed by atoms with van der Waals surface area (Å²) in [7, 11) is 3.92. The van der Waals surface area contributed by atoms with E-state index in [9.17, 15) is 8.78 Å². The van der Waals surface area contributed by atoms with E-state index in [0.717, 1.165) is 21.8 Å². The van der Waals surface area contributed by atoms with E-state index in [0.29, 0.717) is 6.54 Å². The van der Waals surface area contributed by atoms with Gasteiger partial charge in [-0.1, -0.05) is 12.1 Å². The molecule has 0 heterocycles. The first-order valence-corrected chi connectivity index (χ1v) is 7.33. The molecule has 0 spiro atoms. The Labute approximate surface area is 122 Å². The molecule has 20 heavy (non-hydrogen) atoms. The van der Waals surface area contributed by atoms with E-state index in [1.807, 2.05) is 25.1 Å². The third-order valence-electron chi connectivity index (χ3n) is 2.82. The predicted octanol–water partition coefficient (Wildman–Crippen LogP) is 4.32. The third-order valence-corrected chi connectivity index (χ3v) is 4.00. The zero-order chi connectivity index (χ0) is 14.5. The van der Waals surface area contributed by atoms with Gasteiger partial charge in [-0.25, -0.2) is 8.78 Å². The average molecular weight is 293 g/mol. The van der Waals surface area contributed by atoms with Gasteiger partial charge in [0.05, 0.1) is 0 Å². The molecule has 0 fully saturated rings. The smallest absolute Gasteiger partial charge is 0.123 e. The van der Waals surface area contributed by atoms with Gasteiger partial charge in [-0.2, -0.15) is 0 Å². The van der Waals surface area contributed by atoms with Gasteiger partial charge in [0.1, 0.15) is 11.6 Å². The van der Waals surface area contributed by atoms with E-state index >= 15 is 0 Å². The maximum atomic E-state index is 13.3. The summed E-state index contributed by atoms with van der Waals surface area (Å²) in [6.45, 7) is 0.698. The molecule has 0 aliphatic heterocycles. The first-order chi connectivity index (χ1) is 9.54. The molecule has 0 N–H and O–H groups in total. The number of nitrogens with zero attached hydrogens (tertiary/aromatic N) is 1. The molecule has 0 atom stereocenters. The molecule has 0 amide bonds. The summed E-state index contributed by atoms with van der Waals surface area (Å²) < 4.78 is 26.2. The van der Waals surface area contributed by atoms with E-state index in [2.05, 4.69) is 0 Å². The molecule has 0 aliphatic carbocycles. The van der Waals surface area contributed by atoms with Crippen LogP contribution in [0, 0.1) is 11.6 Å². The van der Waals surface area contributed by atoms with Crippen molar-refractivity contribution >= 4 is 11.8 Å². The summed E-state index contributed by atoms with van der Waals surface area (Å²) in [5, 5.41) is 0. The quantitative estimate of drug-likeness (QED) is 0.755. The van der Waals surface area contributed by atoms with Gasteiger partial charge in [0, 0.05) is 17.2 Å². The van der Waals surface area contributed by atoms with Crippen molar-refractivity contribution in [1.29, 1.82) is 0 Å². The Morgan fingerprint density at radius 3 is 2.25 bits per heavy atom. The maximum Gasteiger partial charge on any atom is 0.123 e. The Kier molecular flexibility index (Phi) is 5.15. The van der Waals surface area contributed by atoms with E-state index in [1.54, 1.807) is 30.0 Å². The first kappa shape index (κ1) is 15.0. The molecule has 2 aromatic carbocycles. The minimum absolute atomic E-state index is 0.215. The minimum Gasteiger partial charge on any atom is -0.305 e. The van der Waals surface area contributed by atoms with Crippen LogP contribution in [0.1, 0.15) is 11.1 Å². The second-order valence-corrected chi connectivity index (χ2v) is 5.92. The highest BCUT2D eigenvalue weighted by Gasteiger charge is 2.07. The second-order valence-electron chi connectivity index (χ2n) is 4.90. The zero-order valence-corrected chi connectivity index (χ0v) is 12.4. The van der Waals surface area contributed by atoms with Crippen LogP contribution in [-0.2, 0) is 12.3 Å². The highest BCUT2D eigenvalue weighted by atomic mass is 32.2. The molecule has 0 aromatic heterocycles. The van der Waals surface area contributed by atoms with Gasteiger partial charge in [0.2, 0.25) is 0 Å². The van der Waals surface area contributed by atoms with E-state index in [1.165, 1.54) is 18.2 Å². The van der Waals surface area contributed by atoms with Gasteiger partial charge < -0.3 is 4.90 Å². The fourth-order valence-electron chi connectivity index (χ4n) is 1.89. The monoisotopic (exact) mass is 293 g/mol. The molecular weight excluding hydrogens is 276 g/mol. The van der Waals surface area contributed by atoms with Gasteiger partial charge in [-0.15, -0.1) is 11.8 Å². The highest BCUT2D eigenvalue weighted by molar-refractivity contribution is 7.98. The second kappa shape index (κ2) is 6.86. The van der Waals surface area contributed by atoms with E-state index in [-0.39, 0.29) is 11.6 Å². The van der Waals surface area contributed by atoms with Crippen molar-refractivity contribution in [2.75, 3.05) is 14.1 Å². The molecule has 1 nitrogen and oxygen atoms in total. The van der Waals surface area contributed by atoms with Crippen LogP contribution >= 0.6 is 11.8 Å². The summed E-state index contributed by atoms with van der Waals surface area (Å²) in [5.74, 6) is 0.300. The SMILES string of the molecule is CN(C)Cc1cc(F)ccc1SCc1ccc(F)cc1. The average Bonchev–Trinajstić information content (AvgIpc) is 2.39. The summed E-state index contributed by atoms with van der Waals surface area (Å²) in [6.07, 6.45) is 0. The normalized spacial score (nSPS) is 11.1. The minimum atomic E-state index is -0.228. The summed E-state index contributed by atoms with van der Waals surface area (Å²) in [5.41, 5.74) is 2.03. The van der Waals surface area contributed by atoms with Crippen LogP contribution < -0.4 is 0 Å².